The van der Waals surface area contributed by atoms with Crippen molar-refractivity contribution < 1.29 is 18.0 Å². The summed E-state index contributed by atoms with van der Waals surface area (Å²) < 4.78 is 36.1. The molecule has 0 saturated carbocycles. The Morgan fingerprint density at radius 2 is 1.94 bits per heavy atom. The number of hydrogen-bond acceptors (Lipinski definition) is 2. The number of rotatable bonds is 3. The van der Waals surface area contributed by atoms with Gasteiger partial charge in [-0.1, -0.05) is 0 Å². The molecule has 0 aliphatic carbocycles. The monoisotopic (exact) mass is 238 g/mol. The summed E-state index contributed by atoms with van der Waals surface area (Å²) in [5, 5.41) is 3.15. The molecule has 0 aromatic rings. The van der Waals surface area contributed by atoms with E-state index in [1.165, 1.54) is 7.05 Å². The van der Waals surface area contributed by atoms with Crippen LogP contribution in [0.3, 0.4) is 0 Å². The number of carbonyl (C=O) groups excluding carboxylic acids is 1. The predicted octanol–water partition coefficient (Wildman–Crippen LogP) is 1.40. The van der Waals surface area contributed by atoms with E-state index in [4.69, 9.17) is 0 Å². The Bertz CT molecular complexity index is 237. The number of nitrogens with zero attached hydrogens (tertiary/aromatic N) is 1. The Morgan fingerprint density at radius 3 is 2.44 bits per heavy atom. The van der Waals surface area contributed by atoms with Crippen molar-refractivity contribution in [3.63, 3.8) is 0 Å². The summed E-state index contributed by atoms with van der Waals surface area (Å²) in [6.07, 6.45) is -2.34. The predicted molar refractivity (Wildman–Crippen MR) is 53.9 cm³/mol. The van der Waals surface area contributed by atoms with Crippen LogP contribution in [-0.2, 0) is 4.79 Å². The van der Waals surface area contributed by atoms with E-state index in [9.17, 15) is 18.0 Å². The van der Waals surface area contributed by atoms with Crippen LogP contribution in [0.2, 0.25) is 0 Å². The fourth-order valence-corrected chi connectivity index (χ4v) is 1.85. The molecule has 0 atom stereocenters. The van der Waals surface area contributed by atoms with E-state index in [-0.39, 0.29) is 12.3 Å². The quantitative estimate of drug-likeness (QED) is 0.806. The van der Waals surface area contributed by atoms with Crippen molar-refractivity contribution in [2.24, 2.45) is 5.92 Å². The number of carbonyl (C=O) groups is 1. The van der Waals surface area contributed by atoms with Crippen LogP contribution in [-0.4, -0.2) is 43.7 Å². The second-order valence-electron chi connectivity index (χ2n) is 4.26. The molecule has 1 fully saturated rings. The van der Waals surface area contributed by atoms with Crippen molar-refractivity contribution in [3.05, 3.63) is 0 Å². The van der Waals surface area contributed by atoms with Crippen LogP contribution in [0.15, 0.2) is 0 Å². The molecule has 1 N–H and O–H groups in total. The Balaban J connectivity index is 2.33. The van der Waals surface area contributed by atoms with Gasteiger partial charge in [0.15, 0.2) is 0 Å². The van der Waals surface area contributed by atoms with Crippen molar-refractivity contribution in [2.45, 2.75) is 25.4 Å². The van der Waals surface area contributed by atoms with Gasteiger partial charge in [-0.2, -0.15) is 13.2 Å². The lowest BCUT2D eigenvalue weighted by Gasteiger charge is -2.25. The average molecular weight is 238 g/mol. The third kappa shape index (κ3) is 4.83. The molecule has 6 heteroatoms. The highest BCUT2D eigenvalue weighted by Gasteiger charge is 2.31. The summed E-state index contributed by atoms with van der Waals surface area (Å²) >= 11 is 0. The van der Waals surface area contributed by atoms with Gasteiger partial charge in [0.25, 0.3) is 0 Å². The van der Waals surface area contributed by atoms with E-state index >= 15 is 0 Å². The fourth-order valence-electron chi connectivity index (χ4n) is 1.85. The average Bonchev–Trinajstić information content (AvgIpc) is 2.16. The number of piperidine rings is 1. The van der Waals surface area contributed by atoms with Gasteiger partial charge in [0.1, 0.15) is 6.54 Å². The highest BCUT2D eigenvalue weighted by atomic mass is 19.4. The van der Waals surface area contributed by atoms with Crippen molar-refractivity contribution in [3.8, 4) is 0 Å². The van der Waals surface area contributed by atoms with Gasteiger partial charge < -0.3 is 10.2 Å². The van der Waals surface area contributed by atoms with Gasteiger partial charge in [-0.3, -0.25) is 4.79 Å². The number of amides is 1. The third-order valence-corrected chi connectivity index (χ3v) is 2.76. The second-order valence-corrected chi connectivity index (χ2v) is 4.26. The van der Waals surface area contributed by atoms with Gasteiger partial charge in [-0.25, -0.2) is 0 Å². The molecule has 1 aliphatic heterocycles. The highest BCUT2D eigenvalue weighted by molar-refractivity contribution is 5.76. The van der Waals surface area contributed by atoms with E-state index in [1.54, 1.807) is 0 Å². The van der Waals surface area contributed by atoms with Crippen LogP contribution < -0.4 is 5.32 Å². The third-order valence-electron chi connectivity index (χ3n) is 2.76. The maximum atomic E-state index is 12.0. The van der Waals surface area contributed by atoms with Gasteiger partial charge in [0.05, 0.1) is 0 Å². The smallest absolute Gasteiger partial charge is 0.337 e. The zero-order chi connectivity index (χ0) is 12.2. The number of halogens is 3. The molecule has 0 radical (unpaired) electrons. The van der Waals surface area contributed by atoms with E-state index < -0.39 is 18.6 Å². The van der Waals surface area contributed by atoms with Crippen molar-refractivity contribution in [1.82, 2.24) is 10.2 Å². The summed E-state index contributed by atoms with van der Waals surface area (Å²) in [6.45, 7) is 0.540. The Labute approximate surface area is 93.0 Å². The zero-order valence-corrected chi connectivity index (χ0v) is 9.31. The number of alkyl halides is 3. The maximum Gasteiger partial charge on any atom is 0.406 e. The minimum Gasteiger partial charge on any atom is -0.337 e. The Kier molecular flexibility index (Phi) is 4.58. The van der Waals surface area contributed by atoms with Crippen molar-refractivity contribution in [1.29, 1.82) is 0 Å². The van der Waals surface area contributed by atoms with E-state index in [0.717, 1.165) is 30.8 Å². The lowest BCUT2D eigenvalue weighted by atomic mass is 9.94. The standard InChI is InChI=1S/C10H17F3N2O/c1-15(7-10(11,12)13)9(16)6-8-2-4-14-5-3-8/h8,14H,2-7H2,1H3. The Hall–Kier alpha value is -0.780. The molecule has 16 heavy (non-hydrogen) atoms. The van der Waals surface area contributed by atoms with Crippen molar-refractivity contribution >= 4 is 5.91 Å². The molecule has 3 nitrogen and oxygen atoms in total. The second kappa shape index (κ2) is 5.52. The van der Waals surface area contributed by atoms with Crippen LogP contribution in [0.4, 0.5) is 13.2 Å². The number of nitrogens with one attached hydrogen (secondary N) is 1. The minimum atomic E-state index is -4.31. The first-order valence-corrected chi connectivity index (χ1v) is 5.40. The molecule has 1 saturated heterocycles. The summed E-state index contributed by atoms with van der Waals surface area (Å²) in [4.78, 5) is 12.3. The van der Waals surface area contributed by atoms with Crippen LogP contribution in [0.25, 0.3) is 0 Å². The molecule has 0 unspecified atom stereocenters. The molecule has 1 rings (SSSR count). The minimum absolute atomic E-state index is 0.226. The van der Waals surface area contributed by atoms with Gasteiger partial charge in [0, 0.05) is 13.5 Å². The number of hydrogen-bond donors (Lipinski definition) is 1. The summed E-state index contributed by atoms with van der Waals surface area (Å²) in [7, 11) is 1.21. The molecule has 1 heterocycles. The highest BCUT2D eigenvalue weighted by Crippen LogP contribution is 2.19. The lowest BCUT2D eigenvalue weighted by molar-refractivity contribution is -0.159. The van der Waals surface area contributed by atoms with E-state index in [2.05, 4.69) is 5.32 Å². The molecule has 1 amide bonds. The molecule has 0 aromatic carbocycles. The van der Waals surface area contributed by atoms with Crippen LogP contribution in [0.1, 0.15) is 19.3 Å². The normalized spacial score (nSPS) is 18.5. The van der Waals surface area contributed by atoms with Gasteiger partial charge in [-0.05, 0) is 31.8 Å². The Morgan fingerprint density at radius 1 is 1.38 bits per heavy atom. The maximum absolute atomic E-state index is 12.0. The molecular weight excluding hydrogens is 221 g/mol. The van der Waals surface area contributed by atoms with Gasteiger partial charge in [-0.15, -0.1) is 0 Å². The van der Waals surface area contributed by atoms with Gasteiger partial charge >= 0.3 is 6.18 Å². The molecule has 94 valence electrons. The topological polar surface area (TPSA) is 32.3 Å². The zero-order valence-electron chi connectivity index (χ0n) is 9.31. The van der Waals surface area contributed by atoms with Crippen LogP contribution in [0.5, 0.6) is 0 Å². The summed E-state index contributed by atoms with van der Waals surface area (Å²) in [5.74, 6) is -0.186. The molecular formula is C10H17F3N2O. The van der Waals surface area contributed by atoms with Crippen LogP contribution >= 0.6 is 0 Å². The van der Waals surface area contributed by atoms with Crippen molar-refractivity contribution in [2.75, 3.05) is 26.7 Å². The van der Waals surface area contributed by atoms with E-state index in [0.29, 0.717) is 0 Å². The molecule has 1 aliphatic rings. The van der Waals surface area contributed by atoms with Crippen LogP contribution in [0, 0.1) is 5.92 Å². The first kappa shape index (κ1) is 13.3. The largest absolute Gasteiger partial charge is 0.406 e. The SMILES string of the molecule is CN(CC(F)(F)F)C(=O)CC1CCNCC1. The summed E-state index contributed by atoms with van der Waals surface area (Å²) in [6, 6.07) is 0. The molecule has 0 bridgehead atoms. The fraction of sp³-hybridized carbons (Fsp3) is 0.900. The first-order chi connectivity index (χ1) is 7.38. The summed E-state index contributed by atoms with van der Waals surface area (Å²) in [5.41, 5.74) is 0. The van der Waals surface area contributed by atoms with E-state index in [1.807, 2.05) is 0 Å². The van der Waals surface area contributed by atoms with Gasteiger partial charge in [0.2, 0.25) is 5.91 Å². The lowest BCUT2D eigenvalue weighted by Crippen LogP contribution is -2.38. The first-order valence-electron chi connectivity index (χ1n) is 5.40. The molecule has 0 spiro atoms. The molecule has 0 aromatic heterocycles.